The van der Waals surface area contributed by atoms with Gasteiger partial charge in [-0.05, 0) is 101 Å². The van der Waals surface area contributed by atoms with Crippen LogP contribution >= 0.6 is 21.6 Å². The minimum atomic E-state index is -1.71. The molecule has 1 aromatic rings. The summed E-state index contributed by atoms with van der Waals surface area (Å²) < 4.78 is 4.59. The van der Waals surface area contributed by atoms with E-state index in [1.807, 2.05) is 26.0 Å². The van der Waals surface area contributed by atoms with Crippen molar-refractivity contribution in [1.29, 1.82) is 0 Å². The topological polar surface area (TPSA) is 349 Å². The highest BCUT2D eigenvalue weighted by Crippen LogP contribution is 2.39. The van der Waals surface area contributed by atoms with Crippen molar-refractivity contribution in [3.8, 4) is 5.75 Å². The molecule has 3 aliphatic rings. The number of nitrogens with zero attached hydrogens (tertiary/aromatic N) is 1. The Morgan fingerprint density at radius 1 is 0.784 bits per heavy atom. The van der Waals surface area contributed by atoms with Crippen LogP contribution in [0.1, 0.15) is 121 Å². The Bertz CT molecular complexity index is 2260. The Kier molecular flexibility index (Phi) is 22.8. The fraction of sp³-hybridized carbons (Fsp3) is 0.653. The lowest BCUT2D eigenvalue weighted by atomic mass is 9.85. The van der Waals surface area contributed by atoms with Gasteiger partial charge in [0.2, 0.25) is 65.0 Å². The molecule has 410 valence electrons. The molecule has 3 heterocycles. The molecular formula is C49H75N11O12S2. The monoisotopic (exact) mass is 1070 g/mol. The summed E-state index contributed by atoms with van der Waals surface area (Å²) in [5, 5.41) is 21.5. The third kappa shape index (κ3) is 17.5. The van der Waals surface area contributed by atoms with Crippen LogP contribution in [0.25, 0.3) is 0 Å². The number of hydrogen-bond acceptors (Lipinski definition) is 14. The van der Waals surface area contributed by atoms with Gasteiger partial charge in [-0.15, -0.1) is 0 Å². The van der Waals surface area contributed by atoms with Gasteiger partial charge in [0, 0.05) is 42.3 Å². The summed E-state index contributed by atoms with van der Waals surface area (Å²) in [6.07, 6.45) is 0.0260. The number of aryl methyl sites for hydroxylation is 2. The van der Waals surface area contributed by atoms with Crippen LogP contribution in [0, 0.1) is 19.8 Å². The molecule has 3 aliphatic heterocycles. The summed E-state index contributed by atoms with van der Waals surface area (Å²) in [5.41, 5.74) is 13.2. The lowest BCUT2D eigenvalue weighted by Gasteiger charge is -2.33. The Labute approximate surface area is 439 Å². The maximum atomic E-state index is 14.7. The van der Waals surface area contributed by atoms with Gasteiger partial charge in [0.15, 0.2) is 0 Å². The number of ether oxygens (including phenoxy) is 1. The van der Waals surface area contributed by atoms with Crippen molar-refractivity contribution < 1.29 is 57.5 Å². The fourth-order valence-electron chi connectivity index (χ4n) is 9.27. The zero-order chi connectivity index (χ0) is 55.0. The van der Waals surface area contributed by atoms with Crippen molar-refractivity contribution in [3.05, 3.63) is 28.8 Å². The molecule has 2 bridgehead atoms. The molecule has 0 saturated carbocycles. The number of benzene rings is 1. The van der Waals surface area contributed by atoms with Gasteiger partial charge in [-0.3, -0.25) is 52.7 Å². The van der Waals surface area contributed by atoms with E-state index < -0.39 is 137 Å². The predicted molar refractivity (Wildman–Crippen MR) is 278 cm³/mol. The van der Waals surface area contributed by atoms with Crippen LogP contribution in [-0.2, 0) is 52.7 Å². The number of fused-ring (bicyclic) bond motifs is 7. The lowest BCUT2D eigenvalue weighted by Crippen LogP contribution is -2.61. The van der Waals surface area contributed by atoms with Gasteiger partial charge in [-0.25, -0.2) is 0 Å². The van der Waals surface area contributed by atoms with E-state index in [-0.39, 0.29) is 50.9 Å². The van der Waals surface area contributed by atoms with Gasteiger partial charge in [-0.1, -0.05) is 48.8 Å². The molecule has 23 nitrogen and oxygen atoms in total. The van der Waals surface area contributed by atoms with Crippen LogP contribution in [0.3, 0.4) is 0 Å². The van der Waals surface area contributed by atoms with Gasteiger partial charge in [0.1, 0.15) is 48.0 Å². The van der Waals surface area contributed by atoms with E-state index in [0.717, 1.165) is 27.5 Å². The molecule has 9 atom stereocenters. The zero-order valence-electron chi connectivity index (χ0n) is 43.6. The minimum absolute atomic E-state index is 0.0665. The standard InChI is InChI=1S/C49H75N11O12S2/c1-9-25(2)40-46(69)55-31-15-16-37(63)52-17-11-10-13-30(42(65)53-23-36(51)62)54-45(68)34-14-12-18-60(34)48(71)33(57-44(67)32(21-35(50)61)56-43(31)66)24-73-74-49(6,7)22-38(64)58-41(47(70)59-40)28(5)39-26(3)19-29(72-8)20-27(39)4/h19-20,25,28,30-34,40-41H,9-18,21-24H2,1-8H3,(H2,50,61)(H2,51,62)(H,52,63)(H,53,65)(H,54,68)(H,55,69)(H,56,66)(H,57,67)(H,58,64)(H,59,70)/t25?,28-,30+,31+,32+,33-,34+,40+,41-/m1/s1. The van der Waals surface area contributed by atoms with E-state index in [1.54, 1.807) is 34.6 Å². The van der Waals surface area contributed by atoms with Crippen LogP contribution in [0.5, 0.6) is 5.75 Å². The fourth-order valence-corrected chi connectivity index (χ4v) is 12.0. The second kappa shape index (κ2) is 28.0. The van der Waals surface area contributed by atoms with Crippen molar-refractivity contribution in [1.82, 2.24) is 47.4 Å². The Morgan fingerprint density at radius 3 is 2.08 bits per heavy atom. The number of amides is 11. The summed E-state index contributed by atoms with van der Waals surface area (Å²) in [6.45, 7) is 12.3. The molecule has 25 heteroatoms. The van der Waals surface area contributed by atoms with E-state index in [1.165, 1.54) is 22.8 Å². The maximum Gasteiger partial charge on any atom is 0.246 e. The van der Waals surface area contributed by atoms with Crippen LogP contribution in [0.15, 0.2) is 12.1 Å². The molecule has 0 radical (unpaired) electrons. The number of methoxy groups -OCH3 is 1. The summed E-state index contributed by atoms with van der Waals surface area (Å²) in [7, 11) is 3.88. The highest BCUT2D eigenvalue weighted by molar-refractivity contribution is 8.77. The predicted octanol–water partition coefficient (Wildman–Crippen LogP) is -0.518. The normalized spacial score (nSPS) is 26.4. The molecular weight excluding hydrogens is 999 g/mol. The zero-order valence-corrected chi connectivity index (χ0v) is 45.2. The number of carbonyl (C=O) groups excluding carboxylic acids is 11. The molecule has 74 heavy (non-hydrogen) atoms. The van der Waals surface area contributed by atoms with Gasteiger partial charge in [0.25, 0.3) is 0 Å². The van der Waals surface area contributed by atoms with Crippen LogP contribution in [0.4, 0.5) is 0 Å². The number of hydrogen-bond donors (Lipinski definition) is 10. The van der Waals surface area contributed by atoms with Crippen LogP contribution in [0.2, 0.25) is 0 Å². The largest absolute Gasteiger partial charge is 0.497 e. The SMILES string of the molecule is CCC(C)[C@@H]1NC(=O)[C@@H]([C@H](C)c2c(C)cc(OC)cc2C)NC(=O)CC(C)(C)SSC[C@H]2NC(=O)[C@H](CC(N)=O)NC(=O)[C@H](CCC(=O)NCCCC[C@@H](C(=O)NCC(N)=O)NC(=O)[C@@H]3CCCN3C2=O)NC1=O. The molecule has 1 aromatic carbocycles. The van der Waals surface area contributed by atoms with Crippen LogP contribution in [-0.4, -0.2) is 149 Å². The molecule has 0 spiro atoms. The van der Waals surface area contributed by atoms with E-state index >= 15 is 0 Å². The summed E-state index contributed by atoms with van der Waals surface area (Å²) in [6, 6.07) is -5.86. The highest BCUT2D eigenvalue weighted by atomic mass is 33.1. The summed E-state index contributed by atoms with van der Waals surface area (Å²) in [4.78, 5) is 153. The van der Waals surface area contributed by atoms with Gasteiger partial charge >= 0.3 is 0 Å². The quantitative estimate of drug-likeness (QED) is 0.132. The van der Waals surface area contributed by atoms with Crippen molar-refractivity contribution in [2.24, 2.45) is 17.4 Å². The molecule has 1 unspecified atom stereocenters. The average molecular weight is 1070 g/mol. The maximum absolute atomic E-state index is 14.7. The first-order chi connectivity index (χ1) is 34.9. The lowest BCUT2D eigenvalue weighted by molar-refractivity contribution is -0.142. The summed E-state index contributed by atoms with van der Waals surface area (Å²) >= 11 is 0. The van der Waals surface area contributed by atoms with Gasteiger partial charge in [0.05, 0.1) is 20.1 Å². The molecule has 11 amide bonds. The molecule has 0 aliphatic carbocycles. The Morgan fingerprint density at radius 2 is 1.45 bits per heavy atom. The van der Waals surface area contributed by atoms with Gasteiger partial charge < -0.3 is 63.6 Å². The molecule has 3 fully saturated rings. The number of carbonyl (C=O) groups is 11. The first-order valence-electron chi connectivity index (χ1n) is 25.0. The summed E-state index contributed by atoms with van der Waals surface area (Å²) in [5.74, 6) is -9.25. The van der Waals surface area contributed by atoms with E-state index in [9.17, 15) is 52.7 Å². The Hall–Kier alpha value is -6.11. The second-order valence-electron chi connectivity index (χ2n) is 19.9. The second-order valence-corrected chi connectivity index (χ2v) is 22.9. The third-order valence-electron chi connectivity index (χ3n) is 13.4. The van der Waals surface area contributed by atoms with Crippen molar-refractivity contribution in [3.63, 3.8) is 0 Å². The molecule has 0 aromatic heterocycles. The third-order valence-corrected chi connectivity index (χ3v) is 16.7. The number of primary amides is 2. The molecule has 3 saturated heterocycles. The number of nitrogens with one attached hydrogen (secondary N) is 8. The van der Waals surface area contributed by atoms with Crippen LogP contribution < -0.4 is 58.7 Å². The highest BCUT2D eigenvalue weighted by Gasteiger charge is 2.42. The molecule has 12 N–H and O–H groups in total. The first-order valence-corrected chi connectivity index (χ1v) is 27.4. The first kappa shape index (κ1) is 60.4. The van der Waals surface area contributed by atoms with E-state index in [4.69, 9.17) is 16.2 Å². The van der Waals surface area contributed by atoms with Crippen molar-refractivity contribution in [2.75, 3.05) is 32.5 Å². The van der Waals surface area contributed by atoms with E-state index in [2.05, 4.69) is 42.5 Å². The smallest absolute Gasteiger partial charge is 0.246 e. The Balaban J connectivity index is 1.86. The number of nitrogens with two attached hydrogens (primary N) is 2. The van der Waals surface area contributed by atoms with Crippen molar-refractivity contribution >= 4 is 86.6 Å². The van der Waals surface area contributed by atoms with Gasteiger partial charge in [-0.2, -0.15) is 0 Å². The van der Waals surface area contributed by atoms with E-state index in [0.29, 0.717) is 31.4 Å². The minimum Gasteiger partial charge on any atom is -0.497 e. The number of rotatable bonds is 10. The average Bonchev–Trinajstić information content (AvgIpc) is 3.83. The molecule has 4 rings (SSSR count). The van der Waals surface area contributed by atoms with Crippen molar-refractivity contribution in [2.45, 2.75) is 166 Å².